The van der Waals surface area contributed by atoms with Crippen LogP contribution in [-0.4, -0.2) is 6.36 Å². The lowest BCUT2D eigenvalue weighted by atomic mass is 10.1. The number of alkyl halides is 3. The van der Waals surface area contributed by atoms with Crippen molar-refractivity contribution < 1.29 is 17.9 Å². The van der Waals surface area contributed by atoms with Crippen LogP contribution in [0.25, 0.3) is 0 Å². The monoisotopic (exact) mass is 295 g/mol. The van der Waals surface area contributed by atoms with Gasteiger partial charge in [0, 0.05) is 11.7 Å². The lowest BCUT2D eigenvalue weighted by molar-refractivity contribution is -0.274. The van der Waals surface area contributed by atoms with Gasteiger partial charge in [-0.3, -0.25) is 0 Å². The molecule has 0 aliphatic rings. The first-order chi connectivity index (χ1) is 9.85. The summed E-state index contributed by atoms with van der Waals surface area (Å²) in [5.74, 6) is -0.214. The number of hydrogen-bond donors (Lipinski definition) is 1. The highest BCUT2D eigenvalue weighted by molar-refractivity contribution is 5.51. The van der Waals surface area contributed by atoms with Gasteiger partial charge in [0.25, 0.3) is 0 Å². The third kappa shape index (κ3) is 4.41. The van der Waals surface area contributed by atoms with Gasteiger partial charge in [0.05, 0.1) is 0 Å². The maximum atomic E-state index is 12.1. The summed E-state index contributed by atoms with van der Waals surface area (Å²) < 4.78 is 40.1. The Morgan fingerprint density at radius 2 is 1.62 bits per heavy atom. The number of rotatable bonds is 4. The smallest absolute Gasteiger partial charge is 0.406 e. The van der Waals surface area contributed by atoms with Crippen LogP contribution >= 0.6 is 0 Å². The second-order valence-corrected chi connectivity index (χ2v) is 4.80. The zero-order valence-electron chi connectivity index (χ0n) is 11.7. The highest BCUT2D eigenvalue weighted by atomic mass is 19.4. The normalized spacial score (nSPS) is 12.8. The molecule has 0 spiro atoms. The molecule has 1 N–H and O–H groups in total. The molecule has 2 nitrogen and oxygen atoms in total. The topological polar surface area (TPSA) is 21.3 Å². The Morgan fingerprint density at radius 1 is 1.00 bits per heavy atom. The first-order valence-corrected chi connectivity index (χ1v) is 6.53. The Morgan fingerprint density at radius 3 is 2.19 bits per heavy atom. The van der Waals surface area contributed by atoms with E-state index in [2.05, 4.69) is 10.1 Å². The van der Waals surface area contributed by atoms with Gasteiger partial charge in [-0.1, -0.05) is 30.3 Å². The Hall–Kier alpha value is -2.17. The van der Waals surface area contributed by atoms with Crippen LogP contribution < -0.4 is 10.1 Å². The number of aryl methyl sites for hydroxylation is 1. The average Bonchev–Trinajstić information content (AvgIpc) is 2.40. The molecular formula is C16H16F3NO. The van der Waals surface area contributed by atoms with Crippen molar-refractivity contribution in [2.75, 3.05) is 5.32 Å². The molecule has 2 rings (SSSR count). The summed E-state index contributed by atoms with van der Waals surface area (Å²) >= 11 is 0. The summed E-state index contributed by atoms with van der Waals surface area (Å²) in [4.78, 5) is 0. The third-order valence-electron chi connectivity index (χ3n) is 3.13. The minimum absolute atomic E-state index is 0.0222. The number of anilines is 1. The maximum Gasteiger partial charge on any atom is 0.573 e. The summed E-state index contributed by atoms with van der Waals surface area (Å²) in [6.07, 6.45) is -4.66. The van der Waals surface area contributed by atoms with E-state index in [1.54, 1.807) is 12.1 Å². The second kappa shape index (κ2) is 6.08. The van der Waals surface area contributed by atoms with E-state index in [1.165, 1.54) is 12.1 Å². The SMILES string of the molecule is Cc1ccccc1NC(C)c1ccc(OC(F)(F)F)cc1. The first-order valence-electron chi connectivity index (χ1n) is 6.53. The van der Waals surface area contributed by atoms with E-state index in [1.807, 2.05) is 38.1 Å². The molecular weight excluding hydrogens is 279 g/mol. The predicted molar refractivity (Wildman–Crippen MR) is 76.3 cm³/mol. The van der Waals surface area contributed by atoms with Gasteiger partial charge in [0.15, 0.2) is 0 Å². The maximum absolute atomic E-state index is 12.1. The minimum Gasteiger partial charge on any atom is -0.406 e. The van der Waals surface area contributed by atoms with Crippen molar-refractivity contribution in [2.24, 2.45) is 0 Å². The molecule has 2 aromatic rings. The van der Waals surface area contributed by atoms with Gasteiger partial charge in [-0.25, -0.2) is 0 Å². The molecule has 112 valence electrons. The van der Waals surface area contributed by atoms with Crippen molar-refractivity contribution in [1.29, 1.82) is 0 Å². The first kappa shape index (κ1) is 15.2. The van der Waals surface area contributed by atoms with Crippen molar-refractivity contribution in [1.82, 2.24) is 0 Å². The lowest BCUT2D eigenvalue weighted by Crippen LogP contribution is -2.17. The van der Waals surface area contributed by atoms with Crippen molar-refractivity contribution >= 4 is 5.69 Å². The molecule has 0 fully saturated rings. The molecule has 0 aliphatic carbocycles. The van der Waals surface area contributed by atoms with Gasteiger partial charge in [-0.15, -0.1) is 13.2 Å². The molecule has 0 heterocycles. The highest BCUT2D eigenvalue weighted by Gasteiger charge is 2.30. The summed E-state index contributed by atoms with van der Waals surface area (Å²) in [5, 5.41) is 3.33. The second-order valence-electron chi connectivity index (χ2n) is 4.80. The van der Waals surface area contributed by atoms with Crippen LogP contribution in [-0.2, 0) is 0 Å². The van der Waals surface area contributed by atoms with E-state index in [-0.39, 0.29) is 11.8 Å². The van der Waals surface area contributed by atoms with Crippen LogP contribution in [0.15, 0.2) is 48.5 Å². The van der Waals surface area contributed by atoms with Gasteiger partial charge in [0.2, 0.25) is 0 Å². The molecule has 1 unspecified atom stereocenters. The van der Waals surface area contributed by atoms with Gasteiger partial charge in [-0.2, -0.15) is 0 Å². The molecule has 2 aromatic carbocycles. The molecule has 0 aliphatic heterocycles. The number of hydrogen-bond acceptors (Lipinski definition) is 2. The van der Waals surface area contributed by atoms with Crippen LogP contribution in [0.3, 0.4) is 0 Å². The molecule has 0 bridgehead atoms. The number of ether oxygens (including phenoxy) is 1. The van der Waals surface area contributed by atoms with Crippen LogP contribution in [0.2, 0.25) is 0 Å². The van der Waals surface area contributed by atoms with Crippen molar-refractivity contribution in [3.8, 4) is 5.75 Å². The van der Waals surface area contributed by atoms with Gasteiger partial charge in [0.1, 0.15) is 5.75 Å². The molecule has 21 heavy (non-hydrogen) atoms. The largest absolute Gasteiger partial charge is 0.573 e. The van der Waals surface area contributed by atoms with Crippen LogP contribution in [0.4, 0.5) is 18.9 Å². The molecule has 1 atom stereocenters. The predicted octanol–water partition coefficient (Wildman–Crippen LogP) is 5.07. The number of benzene rings is 2. The van der Waals surface area contributed by atoms with Gasteiger partial charge >= 0.3 is 6.36 Å². The minimum atomic E-state index is -4.66. The summed E-state index contributed by atoms with van der Waals surface area (Å²) in [5.41, 5.74) is 3.00. The molecule has 0 radical (unpaired) electrons. The Labute approximate surface area is 121 Å². The van der Waals surface area contributed by atoms with Crippen LogP contribution in [0, 0.1) is 6.92 Å². The zero-order valence-corrected chi connectivity index (χ0v) is 11.7. The van der Waals surface area contributed by atoms with Crippen molar-refractivity contribution in [3.05, 3.63) is 59.7 Å². The lowest BCUT2D eigenvalue weighted by Gasteiger charge is -2.18. The van der Waals surface area contributed by atoms with E-state index < -0.39 is 6.36 Å². The highest BCUT2D eigenvalue weighted by Crippen LogP contribution is 2.26. The Kier molecular flexibility index (Phi) is 4.40. The van der Waals surface area contributed by atoms with E-state index in [4.69, 9.17) is 0 Å². The fourth-order valence-electron chi connectivity index (χ4n) is 2.01. The van der Waals surface area contributed by atoms with E-state index >= 15 is 0 Å². The summed E-state index contributed by atoms with van der Waals surface area (Å²) in [7, 11) is 0. The van der Waals surface area contributed by atoms with Gasteiger partial charge in [-0.05, 0) is 43.2 Å². The average molecular weight is 295 g/mol. The quantitative estimate of drug-likeness (QED) is 0.850. The summed E-state index contributed by atoms with van der Waals surface area (Å²) in [6, 6.07) is 13.7. The summed E-state index contributed by atoms with van der Waals surface area (Å²) in [6.45, 7) is 3.95. The van der Waals surface area contributed by atoms with Gasteiger partial charge < -0.3 is 10.1 Å². The Balaban J connectivity index is 2.06. The third-order valence-corrected chi connectivity index (χ3v) is 3.13. The van der Waals surface area contributed by atoms with E-state index in [0.29, 0.717) is 0 Å². The van der Waals surface area contributed by atoms with E-state index in [9.17, 15) is 13.2 Å². The molecule has 0 aromatic heterocycles. The molecule has 5 heteroatoms. The number of nitrogens with one attached hydrogen (secondary N) is 1. The van der Waals surface area contributed by atoms with Crippen molar-refractivity contribution in [3.63, 3.8) is 0 Å². The number of para-hydroxylation sites is 1. The van der Waals surface area contributed by atoms with Crippen LogP contribution in [0.1, 0.15) is 24.1 Å². The standard InChI is InChI=1S/C16H16F3NO/c1-11-5-3-4-6-15(11)20-12(2)13-7-9-14(10-8-13)21-16(17,18)19/h3-10,12,20H,1-2H3. The number of halogens is 3. The molecule has 0 saturated heterocycles. The fourth-order valence-corrected chi connectivity index (χ4v) is 2.01. The molecule has 0 saturated carbocycles. The zero-order chi connectivity index (χ0) is 15.5. The van der Waals surface area contributed by atoms with Crippen molar-refractivity contribution in [2.45, 2.75) is 26.3 Å². The Bertz CT molecular complexity index is 593. The molecule has 0 amide bonds. The van der Waals surface area contributed by atoms with Crippen LogP contribution in [0.5, 0.6) is 5.75 Å². The fraction of sp³-hybridized carbons (Fsp3) is 0.250. The van der Waals surface area contributed by atoms with E-state index in [0.717, 1.165) is 16.8 Å².